The predicted octanol–water partition coefficient (Wildman–Crippen LogP) is 0.719. The van der Waals surface area contributed by atoms with Crippen LogP contribution in [0.25, 0.3) is 0 Å². The van der Waals surface area contributed by atoms with E-state index in [0.717, 1.165) is 10.4 Å². The third-order valence-electron chi connectivity index (χ3n) is 2.70. The van der Waals surface area contributed by atoms with E-state index >= 15 is 0 Å². The number of aliphatic hydroxyl groups excluding tert-OH is 1. The first kappa shape index (κ1) is 14.9. The standard InChI is InChI=1S/C11H17FN2O3S/c1-3-14(4-5-15)18(16,17)9-6-10(12)8(2)11(13)7-9/h6-7,15H,3-5,13H2,1-2H3. The van der Waals surface area contributed by atoms with Gasteiger partial charge in [-0.05, 0) is 19.1 Å². The van der Waals surface area contributed by atoms with Crippen LogP contribution in [0, 0.1) is 12.7 Å². The van der Waals surface area contributed by atoms with E-state index < -0.39 is 15.8 Å². The molecule has 0 amide bonds. The monoisotopic (exact) mass is 276 g/mol. The molecule has 0 unspecified atom stereocenters. The summed E-state index contributed by atoms with van der Waals surface area (Å²) in [4.78, 5) is -0.196. The zero-order chi connectivity index (χ0) is 13.9. The van der Waals surface area contributed by atoms with Crippen molar-refractivity contribution in [1.82, 2.24) is 4.31 Å². The van der Waals surface area contributed by atoms with Crippen molar-refractivity contribution in [1.29, 1.82) is 0 Å². The van der Waals surface area contributed by atoms with Crippen LogP contribution in [0.15, 0.2) is 17.0 Å². The van der Waals surface area contributed by atoms with Gasteiger partial charge in [0.05, 0.1) is 11.5 Å². The van der Waals surface area contributed by atoms with Crippen LogP contribution < -0.4 is 5.73 Å². The number of rotatable bonds is 5. The smallest absolute Gasteiger partial charge is 0.243 e. The second-order valence-corrected chi connectivity index (χ2v) is 5.78. The van der Waals surface area contributed by atoms with Gasteiger partial charge in [0.1, 0.15) is 5.82 Å². The fraction of sp³-hybridized carbons (Fsp3) is 0.455. The highest BCUT2D eigenvalue weighted by molar-refractivity contribution is 7.89. The van der Waals surface area contributed by atoms with Crippen molar-refractivity contribution in [2.24, 2.45) is 0 Å². The predicted molar refractivity (Wildman–Crippen MR) is 67.1 cm³/mol. The molecule has 5 nitrogen and oxygen atoms in total. The van der Waals surface area contributed by atoms with Crippen molar-refractivity contribution in [3.05, 3.63) is 23.5 Å². The molecule has 18 heavy (non-hydrogen) atoms. The summed E-state index contributed by atoms with van der Waals surface area (Å²) in [6, 6.07) is 2.18. The van der Waals surface area contributed by atoms with Gasteiger partial charge in [-0.1, -0.05) is 6.92 Å². The van der Waals surface area contributed by atoms with E-state index in [1.165, 1.54) is 13.0 Å². The largest absolute Gasteiger partial charge is 0.398 e. The number of hydrogen-bond acceptors (Lipinski definition) is 4. The fourth-order valence-electron chi connectivity index (χ4n) is 1.53. The molecule has 0 fully saturated rings. The van der Waals surface area contributed by atoms with Gasteiger partial charge in [0.25, 0.3) is 0 Å². The lowest BCUT2D eigenvalue weighted by Gasteiger charge is -2.20. The van der Waals surface area contributed by atoms with Crippen LogP contribution in [0.2, 0.25) is 0 Å². The molecular weight excluding hydrogens is 259 g/mol. The Labute approximate surface area is 106 Å². The third-order valence-corrected chi connectivity index (χ3v) is 4.65. The van der Waals surface area contributed by atoms with Gasteiger partial charge in [0.15, 0.2) is 0 Å². The normalized spacial score (nSPS) is 12.1. The van der Waals surface area contributed by atoms with Gasteiger partial charge in [0.2, 0.25) is 10.0 Å². The van der Waals surface area contributed by atoms with Crippen LogP contribution >= 0.6 is 0 Å². The maximum absolute atomic E-state index is 13.5. The van der Waals surface area contributed by atoms with Crippen molar-refractivity contribution in [2.75, 3.05) is 25.4 Å². The lowest BCUT2D eigenvalue weighted by Crippen LogP contribution is -2.33. The molecule has 0 radical (unpaired) electrons. The number of aliphatic hydroxyl groups is 1. The van der Waals surface area contributed by atoms with Crippen molar-refractivity contribution in [3.8, 4) is 0 Å². The number of benzene rings is 1. The van der Waals surface area contributed by atoms with Gasteiger partial charge in [-0.25, -0.2) is 12.8 Å². The Morgan fingerprint density at radius 1 is 1.44 bits per heavy atom. The molecule has 102 valence electrons. The first-order chi connectivity index (χ1) is 8.34. The quantitative estimate of drug-likeness (QED) is 0.776. The summed E-state index contributed by atoms with van der Waals surface area (Å²) in [6.45, 7) is 2.98. The number of likely N-dealkylation sites (N-methyl/N-ethyl adjacent to an activating group) is 1. The Morgan fingerprint density at radius 2 is 2.06 bits per heavy atom. The first-order valence-electron chi connectivity index (χ1n) is 5.51. The molecule has 1 aromatic carbocycles. The molecule has 1 rings (SSSR count). The lowest BCUT2D eigenvalue weighted by molar-refractivity contribution is 0.257. The summed E-state index contributed by atoms with van der Waals surface area (Å²) < 4.78 is 38.9. The molecule has 0 saturated carbocycles. The van der Waals surface area contributed by atoms with E-state index in [9.17, 15) is 12.8 Å². The van der Waals surface area contributed by atoms with Crippen LogP contribution in [0.4, 0.5) is 10.1 Å². The highest BCUT2D eigenvalue weighted by Gasteiger charge is 2.24. The summed E-state index contributed by atoms with van der Waals surface area (Å²) >= 11 is 0. The molecule has 0 atom stereocenters. The summed E-state index contributed by atoms with van der Waals surface area (Å²) in [5.74, 6) is -0.659. The van der Waals surface area contributed by atoms with Crippen molar-refractivity contribution in [2.45, 2.75) is 18.7 Å². The third kappa shape index (κ3) is 2.80. The topological polar surface area (TPSA) is 83.6 Å². The molecule has 0 saturated heterocycles. The average molecular weight is 276 g/mol. The molecule has 0 heterocycles. The molecule has 0 aliphatic rings. The van der Waals surface area contributed by atoms with E-state index in [1.807, 2.05) is 0 Å². The summed E-state index contributed by atoms with van der Waals surface area (Å²) in [7, 11) is -3.82. The summed E-state index contributed by atoms with van der Waals surface area (Å²) in [5, 5.41) is 8.83. The molecule has 3 N–H and O–H groups in total. The second kappa shape index (κ2) is 5.64. The molecule has 0 bridgehead atoms. The Morgan fingerprint density at radius 3 is 2.50 bits per heavy atom. The zero-order valence-corrected chi connectivity index (χ0v) is 11.2. The molecule has 7 heteroatoms. The SMILES string of the molecule is CCN(CCO)S(=O)(=O)c1cc(N)c(C)c(F)c1. The Balaban J connectivity index is 3.28. The number of nitrogen functional groups attached to an aromatic ring is 1. The van der Waals surface area contributed by atoms with E-state index in [0.29, 0.717) is 0 Å². The van der Waals surface area contributed by atoms with Crippen LogP contribution in [-0.4, -0.2) is 37.5 Å². The van der Waals surface area contributed by atoms with E-state index in [4.69, 9.17) is 10.8 Å². The summed E-state index contributed by atoms with van der Waals surface area (Å²) in [6.07, 6.45) is 0. The highest BCUT2D eigenvalue weighted by Crippen LogP contribution is 2.23. The number of nitrogens with two attached hydrogens (primary N) is 1. The van der Waals surface area contributed by atoms with Crippen molar-refractivity contribution < 1.29 is 17.9 Å². The number of halogens is 1. The Hall–Kier alpha value is -1.18. The van der Waals surface area contributed by atoms with Crippen LogP contribution in [0.5, 0.6) is 0 Å². The van der Waals surface area contributed by atoms with Crippen molar-refractivity contribution in [3.63, 3.8) is 0 Å². The molecule has 0 aliphatic carbocycles. The minimum Gasteiger partial charge on any atom is -0.398 e. The van der Waals surface area contributed by atoms with Crippen LogP contribution in [-0.2, 0) is 10.0 Å². The van der Waals surface area contributed by atoms with Gasteiger partial charge in [-0.3, -0.25) is 0 Å². The van der Waals surface area contributed by atoms with Crippen molar-refractivity contribution >= 4 is 15.7 Å². The number of nitrogens with zero attached hydrogens (tertiary/aromatic N) is 1. The molecular formula is C11H17FN2O3S. The second-order valence-electron chi connectivity index (χ2n) is 3.84. The number of sulfonamides is 1. The van der Waals surface area contributed by atoms with Gasteiger partial charge in [-0.15, -0.1) is 0 Å². The minimum atomic E-state index is -3.82. The van der Waals surface area contributed by atoms with Gasteiger partial charge in [-0.2, -0.15) is 4.31 Å². The number of anilines is 1. The van der Waals surface area contributed by atoms with Gasteiger partial charge < -0.3 is 10.8 Å². The molecule has 1 aromatic rings. The minimum absolute atomic E-state index is 0.0335. The average Bonchev–Trinajstić information content (AvgIpc) is 2.31. The van der Waals surface area contributed by atoms with E-state index in [2.05, 4.69) is 0 Å². The van der Waals surface area contributed by atoms with Gasteiger partial charge in [0, 0.05) is 24.3 Å². The molecule has 0 aromatic heterocycles. The maximum Gasteiger partial charge on any atom is 0.243 e. The van der Waals surface area contributed by atoms with Gasteiger partial charge >= 0.3 is 0 Å². The fourth-order valence-corrected chi connectivity index (χ4v) is 3.02. The Kier molecular flexibility index (Phi) is 4.66. The number of hydrogen-bond donors (Lipinski definition) is 2. The highest BCUT2D eigenvalue weighted by atomic mass is 32.2. The van der Waals surface area contributed by atoms with E-state index in [-0.39, 0.29) is 35.8 Å². The van der Waals surface area contributed by atoms with E-state index in [1.54, 1.807) is 6.92 Å². The summed E-state index contributed by atoms with van der Waals surface area (Å²) in [5.41, 5.74) is 5.87. The maximum atomic E-state index is 13.5. The van der Waals surface area contributed by atoms with Crippen LogP contribution in [0.1, 0.15) is 12.5 Å². The lowest BCUT2D eigenvalue weighted by atomic mass is 10.2. The van der Waals surface area contributed by atoms with Crippen LogP contribution in [0.3, 0.4) is 0 Å². The first-order valence-corrected chi connectivity index (χ1v) is 6.95. The molecule has 0 spiro atoms. The Bertz CT molecular complexity index is 508. The zero-order valence-electron chi connectivity index (χ0n) is 10.4. The molecule has 0 aliphatic heterocycles.